The molecule has 4 nitrogen and oxygen atoms in total. The number of hydrogen-bond acceptors (Lipinski definition) is 4. The Kier molecular flexibility index (Phi) is 7.11. The van der Waals surface area contributed by atoms with Gasteiger partial charge >= 0.3 is 0 Å². The SMILES string of the molecule is Cc1cc(Cl)ccc1Cc1cnc(NC(=O)CCN)s1.Cl. The molecule has 3 N–H and O–H groups in total. The minimum Gasteiger partial charge on any atom is -0.330 e. The van der Waals surface area contributed by atoms with E-state index in [0.29, 0.717) is 18.1 Å². The van der Waals surface area contributed by atoms with E-state index in [1.165, 1.54) is 16.9 Å². The second kappa shape index (κ2) is 8.34. The van der Waals surface area contributed by atoms with Crippen LogP contribution in [0.2, 0.25) is 5.02 Å². The fraction of sp³-hybridized carbons (Fsp3) is 0.286. The Morgan fingerprint density at radius 2 is 2.24 bits per heavy atom. The first-order valence-corrected chi connectivity index (χ1v) is 7.47. The monoisotopic (exact) mass is 345 g/mol. The Morgan fingerprint density at radius 3 is 2.90 bits per heavy atom. The van der Waals surface area contributed by atoms with Gasteiger partial charge in [-0.15, -0.1) is 23.7 Å². The van der Waals surface area contributed by atoms with Crippen LogP contribution in [-0.4, -0.2) is 17.4 Å². The van der Waals surface area contributed by atoms with Crippen molar-refractivity contribution in [3.8, 4) is 0 Å². The summed E-state index contributed by atoms with van der Waals surface area (Å²) in [6.45, 7) is 2.38. The number of anilines is 1. The molecule has 0 aliphatic heterocycles. The van der Waals surface area contributed by atoms with Crippen molar-refractivity contribution in [3.63, 3.8) is 0 Å². The van der Waals surface area contributed by atoms with Crippen LogP contribution in [0.1, 0.15) is 22.4 Å². The number of amides is 1. The zero-order valence-corrected chi connectivity index (χ0v) is 13.9. The van der Waals surface area contributed by atoms with Gasteiger partial charge in [0, 0.05) is 35.5 Å². The third kappa shape index (κ3) is 5.28. The lowest BCUT2D eigenvalue weighted by atomic mass is 10.1. The maximum absolute atomic E-state index is 11.4. The van der Waals surface area contributed by atoms with E-state index in [4.69, 9.17) is 17.3 Å². The largest absolute Gasteiger partial charge is 0.330 e. The minimum atomic E-state index is -0.101. The molecule has 0 saturated carbocycles. The maximum Gasteiger partial charge on any atom is 0.227 e. The van der Waals surface area contributed by atoms with Crippen LogP contribution in [0, 0.1) is 6.92 Å². The number of benzene rings is 1. The van der Waals surface area contributed by atoms with Gasteiger partial charge in [0.25, 0.3) is 0 Å². The molecule has 7 heteroatoms. The van der Waals surface area contributed by atoms with E-state index in [9.17, 15) is 4.79 Å². The molecule has 1 heterocycles. The zero-order chi connectivity index (χ0) is 14.5. The third-order valence-electron chi connectivity index (χ3n) is 2.84. The van der Waals surface area contributed by atoms with Crippen LogP contribution in [-0.2, 0) is 11.2 Å². The summed E-state index contributed by atoms with van der Waals surface area (Å²) in [5, 5.41) is 4.10. The first-order valence-electron chi connectivity index (χ1n) is 6.28. The van der Waals surface area contributed by atoms with E-state index in [1.54, 1.807) is 6.20 Å². The van der Waals surface area contributed by atoms with Crippen LogP contribution in [0.4, 0.5) is 5.13 Å². The molecule has 0 saturated heterocycles. The van der Waals surface area contributed by atoms with Gasteiger partial charge in [-0.25, -0.2) is 4.98 Å². The summed E-state index contributed by atoms with van der Waals surface area (Å²) < 4.78 is 0. The fourth-order valence-corrected chi connectivity index (χ4v) is 2.88. The molecular weight excluding hydrogens is 329 g/mol. The molecule has 114 valence electrons. The first-order chi connectivity index (χ1) is 9.58. The maximum atomic E-state index is 11.4. The molecule has 0 radical (unpaired) electrons. The molecule has 0 atom stereocenters. The number of thiazole rings is 1. The Morgan fingerprint density at radius 1 is 1.48 bits per heavy atom. The molecule has 1 aromatic heterocycles. The molecule has 0 aliphatic carbocycles. The highest BCUT2D eigenvalue weighted by molar-refractivity contribution is 7.15. The van der Waals surface area contributed by atoms with E-state index < -0.39 is 0 Å². The molecule has 0 fully saturated rings. The molecule has 2 aromatic rings. The molecular formula is C14H17Cl2N3OS. The number of nitrogens with one attached hydrogen (secondary N) is 1. The number of carbonyl (C=O) groups excluding carboxylic acids is 1. The normalized spacial score (nSPS) is 10.0. The van der Waals surface area contributed by atoms with Crippen molar-refractivity contribution in [3.05, 3.63) is 45.4 Å². The number of halogens is 2. The van der Waals surface area contributed by atoms with Gasteiger partial charge < -0.3 is 11.1 Å². The Bertz CT molecular complexity index is 616. The number of aryl methyl sites for hydroxylation is 1. The van der Waals surface area contributed by atoms with E-state index in [0.717, 1.165) is 21.9 Å². The van der Waals surface area contributed by atoms with Gasteiger partial charge in [0.05, 0.1) is 0 Å². The number of rotatable bonds is 5. The van der Waals surface area contributed by atoms with E-state index in [1.807, 2.05) is 25.1 Å². The van der Waals surface area contributed by atoms with Crippen LogP contribution < -0.4 is 11.1 Å². The summed E-state index contributed by atoms with van der Waals surface area (Å²) >= 11 is 7.42. The Hall–Kier alpha value is -1.14. The van der Waals surface area contributed by atoms with Crippen LogP contribution >= 0.6 is 35.3 Å². The van der Waals surface area contributed by atoms with E-state index in [-0.39, 0.29) is 18.3 Å². The Labute approximate surface area is 139 Å². The molecule has 2 rings (SSSR count). The van der Waals surface area contributed by atoms with Crippen molar-refractivity contribution in [1.82, 2.24) is 4.98 Å². The topological polar surface area (TPSA) is 68.0 Å². The van der Waals surface area contributed by atoms with Crippen molar-refractivity contribution in [1.29, 1.82) is 0 Å². The number of nitrogens with zero attached hydrogens (tertiary/aromatic N) is 1. The zero-order valence-electron chi connectivity index (χ0n) is 11.6. The average Bonchev–Trinajstić information content (AvgIpc) is 2.80. The van der Waals surface area contributed by atoms with Crippen LogP contribution in [0.5, 0.6) is 0 Å². The molecule has 0 aliphatic rings. The summed E-state index contributed by atoms with van der Waals surface area (Å²) in [4.78, 5) is 16.7. The number of aromatic nitrogens is 1. The van der Waals surface area contributed by atoms with Crippen molar-refractivity contribution in [2.75, 3.05) is 11.9 Å². The van der Waals surface area contributed by atoms with Crippen molar-refractivity contribution in [2.45, 2.75) is 19.8 Å². The van der Waals surface area contributed by atoms with Crippen molar-refractivity contribution >= 4 is 46.4 Å². The molecule has 0 spiro atoms. The summed E-state index contributed by atoms with van der Waals surface area (Å²) in [6, 6.07) is 5.85. The quantitative estimate of drug-likeness (QED) is 0.872. The predicted octanol–water partition coefficient (Wildman–Crippen LogP) is 3.40. The van der Waals surface area contributed by atoms with Crippen LogP contribution in [0.3, 0.4) is 0 Å². The number of nitrogens with two attached hydrogens (primary N) is 1. The number of hydrogen-bond donors (Lipinski definition) is 2. The van der Waals surface area contributed by atoms with Gasteiger partial charge in [0.2, 0.25) is 5.91 Å². The van der Waals surface area contributed by atoms with E-state index in [2.05, 4.69) is 10.3 Å². The van der Waals surface area contributed by atoms with Gasteiger partial charge in [-0.1, -0.05) is 17.7 Å². The highest BCUT2D eigenvalue weighted by Crippen LogP contribution is 2.24. The average molecular weight is 346 g/mol. The van der Waals surface area contributed by atoms with E-state index >= 15 is 0 Å². The summed E-state index contributed by atoms with van der Waals surface area (Å²) in [7, 11) is 0. The second-order valence-electron chi connectivity index (χ2n) is 4.47. The van der Waals surface area contributed by atoms with Gasteiger partial charge in [-0.05, 0) is 30.2 Å². The highest BCUT2D eigenvalue weighted by atomic mass is 35.5. The summed E-state index contributed by atoms with van der Waals surface area (Å²) in [6.07, 6.45) is 2.88. The predicted molar refractivity (Wildman–Crippen MR) is 90.7 cm³/mol. The lowest BCUT2D eigenvalue weighted by Crippen LogP contribution is -2.15. The van der Waals surface area contributed by atoms with Gasteiger partial charge in [-0.3, -0.25) is 4.79 Å². The molecule has 1 aromatic carbocycles. The van der Waals surface area contributed by atoms with Crippen molar-refractivity contribution < 1.29 is 4.79 Å². The van der Waals surface area contributed by atoms with Gasteiger partial charge in [0.15, 0.2) is 5.13 Å². The molecule has 0 unspecified atom stereocenters. The summed E-state index contributed by atoms with van der Waals surface area (Å²) in [5.74, 6) is -0.101. The Balaban J connectivity index is 0.00000220. The fourth-order valence-electron chi connectivity index (χ4n) is 1.81. The summed E-state index contributed by atoms with van der Waals surface area (Å²) in [5.41, 5.74) is 7.69. The van der Waals surface area contributed by atoms with Crippen LogP contribution in [0.15, 0.2) is 24.4 Å². The second-order valence-corrected chi connectivity index (χ2v) is 6.02. The standard InChI is InChI=1S/C14H16ClN3OS.ClH/c1-9-6-11(15)3-2-10(9)7-12-8-17-14(20-12)18-13(19)4-5-16;/h2-3,6,8H,4-5,7,16H2,1H3,(H,17,18,19);1H. The van der Waals surface area contributed by atoms with Gasteiger partial charge in [-0.2, -0.15) is 0 Å². The van der Waals surface area contributed by atoms with Gasteiger partial charge in [0.1, 0.15) is 0 Å². The van der Waals surface area contributed by atoms with Crippen molar-refractivity contribution in [2.24, 2.45) is 5.73 Å². The lowest BCUT2D eigenvalue weighted by Gasteiger charge is -2.04. The molecule has 1 amide bonds. The highest BCUT2D eigenvalue weighted by Gasteiger charge is 2.08. The molecule has 0 bridgehead atoms. The minimum absolute atomic E-state index is 0. The molecule has 21 heavy (non-hydrogen) atoms. The smallest absolute Gasteiger partial charge is 0.227 e. The first kappa shape index (κ1) is 17.9. The third-order valence-corrected chi connectivity index (χ3v) is 3.99. The van der Waals surface area contributed by atoms with Crippen LogP contribution in [0.25, 0.3) is 0 Å². The lowest BCUT2D eigenvalue weighted by molar-refractivity contribution is -0.116. The number of carbonyl (C=O) groups is 1.